The van der Waals surface area contributed by atoms with E-state index in [1.54, 1.807) is 0 Å². The molecule has 2 saturated carbocycles. The van der Waals surface area contributed by atoms with Crippen molar-refractivity contribution in [3.05, 3.63) is 34.9 Å². The van der Waals surface area contributed by atoms with Crippen LogP contribution in [-0.2, 0) is 0 Å². The van der Waals surface area contributed by atoms with Crippen molar-refractivity contribution in [3.63, 3.8) is 0 Å². The first-order valence-corrected chi connectivity index (χ1v) is 12.4. The van der Waals surface area contributed by atoms with Crippen LogP contribution in [0.1, 0.15) is 99.3 Å². The molecule has 0 N–H and O–H groups in total. The van der Waals surface area contributed by atoms with E-state index in [4.69, 9.17) is 0 Å². The predicted molar refractivity (Wildman–Crippen MR) is 122 cm³/mol. The Balaban J connectivity index is 1.61. The van der Waals surface area contributed by atoms with Gasteiger partial charge in [0.05, 0.1) is 0 Å². The van der Waals surface area contributed by atoms with Crippen LogP contribution in [0.5, 0.6) is 0 Å². The second-order valence-corrected chi connectivity index (χ2v) is 11.6. The third-order valence-electron chi connectivity index (χ3n) is 9.84. The van der Waals surface area contributed by atoms with Crippen molar-refractivity contribution in [1.29, 1.82) is 0 Å². The molecule has 0 radical (unpaired) electrons. The van der Waals surface area contributed by atoms with Crippen LogP contribution < -0.4 is 0 Å². The van der Waals surface area contributed by atoms with Crippen LogP contribution in [0.3, 0.4) is 0 Å². The van der Waals surface area contributed by atoms with Gasteiger partial charge < -0.3 is 0 Å². The Morgan fingerprint density at radius 2 is 1.71 bits per heavy atom. The molecule has 156 valence electrons. The van der Waals surface area contributed by atoms with Gasteiger partial charge >= 0.3 is 0 Å². The zero-order valence-electron chi connectivity index (χ0n) is 19.5. The summed E-state index contributed by atoms with van der Waals surface area (Å²) < 4.78 is 0. The van der Waals surface area contributed by atoms with Crippen LogP contribution >= 0.6 is 0 Å². The highest BCUT2D eigenvalue weighted by molar-refractivity contribution is 5.40. The molecule has 0 amide bonds. The molecule has 0 aromatic heterocycles. The maximum atomic E-state index is 2.67. The van der Waals surface area contributed by atoms with E-state index in [0.29, 0.717) is 22.7 Å². The third kappa shape index (κ3) is 3.18. The van der Waals surface area contributed by atoms with Crippen molar-refractivity contribution in [2.24, 2.45) is 40.4 Å². The molecule has 0 heterocycles. The lowest BCUT2D eigenvalue weighted by Crippen LogP contribution is -2.42. The maximum absolute atomic E-state index is 2.67. The van der Waals surface area contributed by atoms with Crippen molar-refractivity contribution < 1.29 is 0 Å². The molecule has 0 aromatic rings. The van der Waals surface area contributed by atoms with E-state index in [0.717, 1.165) is 17.8 Å². The standard InChI is InChI=1S/C28H44/c1-19(2)20(3)10-11-21(4)24-14-15-25-23-13-12-22-9-7-8-17-27(22,5)26(23)16-18-28(24,25)6/h10-12,19-21,24,26H,7-9,13-18H2,1-6H3/t20-,21+,24+,26-,27-,28+/m0/s1. The molecular formula is C28H44. The van der Waals surface area contributed by atoms with Gasteiger partial charge in [0.15, 0.2) is 0 Å². The normalized spacial score (nSPS) is 40.2. The summed E-state index contributed by atoms with van der Waals surface area (Å²) >= 11 is 0. The number of fused-ring (bicyclic) bond motifs is 4. The summed E-state index contributed by atoms with van der Waals surface area (Å²) in [6, 6.07) is 0. The van der Waals surface area contributed by atoms with Crippen LogP contribution in [0.2, 0.25) is 0 Å². The minimum Gasteiger partial charge on any atom is -0.0852 e. The second-order valence-electron chi connectivity index (χ2n) is 11.6. The smallest absolute Gasteiger partial charge is 0.00507 e. The summed E-state index contributed by atoms with van der Waals surface area (Å²) in [6.45, 7) is 14.8. The van der Waals surface area contributed by atoms with Crippen molar-refractivity contribution in [2.45, 2.75) is 99.3 Å². The van der Waals surface area contributed by atoms with Crippen LogP contribution in [0.25, 0.3) is 0 Å². The van der Waals surface area contributed by atoms with Crippen molar-refractivity contribution in [1.82, 2.24) is 0 Å². The van der Waals surface area contributed by atoms with E-state index in [1.807, 2.05) is 16.7 Å². The van der Waals surface area contributed by atoms with Crippen molar-refractivity contribution in [3.8, 4) is 0 Å². The zero-order valence-corrected chi connectivity index (χ0v) is 19.5. The van der Waals surface area contributed by atoms with Crippen LogP contribution in [0, 0.1) is 40.4 Å². The lowest BCUT2D eigenvalue weighted by molar-refractivity contribution is 0.126. The van der Waals surface area contributed by atoms with Gasteiger partial charge in [-0.3, -0.25) is 0 Å². The Bertz CT molecular complexity index is 689. The van der Waals surface area contributed by atoms with Crippen molar-refractivity contribution >= 4 is 0 Å². The Morgan fingerprint density at radius 3 is 2.46 bits per heavy atom. The van der Waals surface area contributed by atoms with E-state index in [9.17, 15) is 0 Å². The van der Waals surface area contributed by atoms with Gasteiger partial charge in [-0.05, 0) is 91.8 Å². The van der Waals surface area contributed by atoms with Gasteiger partial charge in [-0.25, -0.2) is 0 Å². The molecule has 0 aliphatic heterocycles. The number of hydrogen-bond acceptors (Lipinski definition) is 0. The molecule has 0 saturated heterocycles. The Morgan fingerprint density at radius 1 is 0.929 bits per heavy atom. The summed E-state index contributed by atoms with van der Waals surface area (Å²) in [7, 11) is 0. The quantitative estimate of drug-likeness (QED) is 0.429. The van der Waals surface area contributed by atoms with Gasteiger partial charge in [-0.15, -0.1) is 0 Å². The van der Waals surface area contributed by atoms with Gasteiger partial charge in [0.2, 0.25) is 0 Å². The number of allylic oxidation sites excluding steroid dienone is 6. The topological polar surface area (TPSA) is 0 Å². The highest BCUT2D eigenvalue weighted by Gasteiger charge is 2.53. The summed E-state index contributed by atoms with van der Waals surface area (Å²) in [5.41, 5.74) is 6.60. The summed E-state index contributed by atoms with van der Waals surface area (Å²) in [5, 5.41) is 0. The Labute approximate surface area is 175 Å². The molecule has 0 heteroatoms. The van der Waals surface area contributed by atoms with Gasteiger partial charge in [0.25, 0.3) is 0 Å². The largest absolute Gasteiger partial charge is 0.0852 e. The highest BCUT2D eigenvalue weighted by atomic mass is 14.6. The summed E-state index contributed by atoms with van der Waals surface area (Å²) in [5.74, 6) is 3.85. The molecule has 0 bridgehead atoms. The fourth-order valence-corrected chi connectivity index (χ4v) is 7.56. The lowest BCUT2D eigenvalue weighted by atomic mass is 9.52. The third-order valence-corrected chi connectivity index (χ3v) is 9.84. The highest BCUT2D eigenvalue weighted by Crippen LogP contribution is 2.64. The first-order chi connectivity index (χ1) is 13.3. The molecule has 4 aliphatic rings. The van der Waals surface area contributed by atoms with Gasteiger partial charge in [-0.2, -0.15) is 0 Å². The van der Waals surface area contributed by atoms with E-state index >= 15 is 0 Å². The predicted octanol–water partition coefficient (Wildman–Crippen LogP) is 8.50. The van der Waals surface area contributed by atoms with Crippen LogP contribution in [-0.4, -0.2) is 0 Å². The molecule has 0 nitrogen and oxygen atoms in total. The van der Waals surface area contributed by atoms with Crippen LogP contribution in [0.4, 0.5) is 0 Å². The van der Waals surface area contributed by atoms with E-state index in [-0.39, 0.29) is 0 Å². The molecular weight excluding hydrogens is 336 g/mol. The molecule has 6 atom stereocenters. The summed E-state index contributed by atoms with van der Waals surface area (Å²) in [6.07, 6.45) is 20.4. The average molecular weight is 381 g/mol. The minimum absolute atomic E-state index is 0.465. The molecule has 4 aliphatic carbocycles. The SMILES string of the molecule is CC(C)[C@@H](C)C=C[C@@H](C)[C@H]1CCC2=C3CC=C4CCCC[C@]4(C)[C@H]3CC[C@@]21C. The molecule has 0 unspecified atom stereocenters. The molecule has 0 aromatic carbocycles. The number of rotatable bonds is 4. The maximum Gasteiger partial charge on any atom is -0.00507 e. The lowest BCUT2D eigenvalue weighted by Gasteiger charge is -2.52. The molecule has 4 rings (SSSR count). The van der Waals surface area contributed by atoms with Gasteiger partial charge in [0, 0.05) is 0 Å². The summed E-state index contributed by atoms with van der Waals surface area (Å²) in [4.78, 5) is 0. The van der Waals surface area contributed by atoms with Crippen molar-refractivity contribution in [2.75, 3.05) is 0 Å². The Hall–Kier alpha value is -0.780. The van der Waals surface area contributed by atoms with Gasteiger partial charge in [-0.1, -0.05) is 82.9 Å². The Kier molecular flexibility index (Phi) is 5.47. The fourth-order valence-electron chi connectivity index (χ4n) is 7.56. The van der Waals surface area contributed by atoms with Crippen LogP contribution in [0.15, 0.2) is 34.9 Å². The zero-order chi connectivity index (χ0) is 20.1. The molecule has 0 spiro atoms. The van der Waals surface area contributed by atoms with E-state index < -0.39 is 0 Å². The molecule has 2 fully saturated rings. The van der Waals surface area contributed by atoms with E-state index in [2.05, 4.69) is 59.8 Å². The first-order valence-electron chi connectivity index (χ1n) is 12.4. The average Bonchev–Trinajstić information content (AvgIpc) is 3.02. The first kappa shape index (κ1) is 20.5. The minimum atomic E-state index is 0.465. The fraction of sp³-hybridized carbons (Fsp3) is 0.786. The number of hydrogen-bond donors (Lipinski definition) is 0. The monoisotopic (exact) mass is 380 g/mol. The molecule has 28 heavy (non-hydrogen) atoms. The second kappa shape index (κ2) is 7.48. The van der Waals surface area contributed by atoms with E-state index in [1.165, 1.54) is 57.8 Å². The van der Waals surface area contributed by atoms with Gasteiger partial charge in [0.1, 0.15) is 0 Å².